The molecule has 0 heterocycles. The first kappa shape index (κ1) is 23.6. The molecule has 0 saturated carbocycles. The summed E-state index contributed by atoms with van der Waals surface area (Å²) in [5.74, 6) is -0.0147. The zero-order valence-corrected chi connectivity index (χ0v) is 18.7. The average Bonchev–Trinajstić information content (AvgIpc) is 2.80. The van der Waals surface area contributed by atoms with E-state index >= 15 is 0 Å². The summed E-state index contributed by atoms with van der Waals surface area (Å²) < 4.78 is 25.0. The summed E-state index contributed by atoms with van der Waals surface area (Å²) in [6.45, 7) is 2.31. The second-order valence-corrected chi connectivity index (χ2v) is 7.97. The van der Waals surface area contributed by atoms with Gasteiger partial charge >= 0.3 is 0 Å². The fourth-order valence-corrected chi connectivity index (χ4v) is 3.37. The smallest absolute Gasteiger partial charge is 0.170 e. The maximum absolute atomic E-state index is 13.4. The minimum Gasteiger partial charge on any atom is -0.492 e. The zero-order chi connectivity index (χ0) is 22.8. The lowest BCUT2D eigenvalue weighted by atomic mass is 9.88. The van der Waals surface area contributed by atoms with E-state index in [0.717, 1.165) is 23.4 Å². The Bertz CT molecular complexity index is 956. The first-order chi connectivity index (χ1) is 15.5. The van der Waals surface area contributed by atoms with Gasteiger partial charge in [-0.2, -0.15) is 0 Å². The van der Waals surface area contributed by atoms with Crippen molar-refractivity contribution >= 4 is 5.78 Å². The Labute approximate surface area is 189 Å². The summed E-state index contributed by atoms with van der Waals surface area (Å²) in [5.41, 5.74) is 2.47. The van der Waals surface area contributed by atoms with Crippen LogP contribution in [-0.2, 0) is 11.3 Å². The van der Waals surface area contributed by atoms with E-state index in [4.69, 9.17) is 9.47 Å². The lowest BCUT2D eigenvalue weighted by Crippen LogP contribution is -2.19. The molecule has 1 atom stereocenters. The number of rotatable bonds is 12. The third-order valence-corrected chi connectivity index (χ3v) is 5.20. The molecule has 0 aliphatic rings. The Balaban J connectivity index is 1.65. The lowest BCUT2D eigenvalue weighted by Gasteiger charge is -2.17. The van der Waals surface area contributed by atoms with Gasteiger partial charge in [0.2, 0.25) is 0 Å². The maximum atomic E-state index is 13.4. The number of hydrogen-bond donors (Lipinski definition) is 0. The normalized spacial score (nSPS) is 12.0. The number of carbonyl (C=O) groups excluding carboxylic acids is 1. The Morgan fingerprint density at radius 1 is 0.906 bits per heavy atom. The van der Waals surface area contributed by atoms with E-state index in [1.165, 1.54) is 12.1 Å². The minimum absolute atomic E-state index is 0.0141. The van der Waals surface area contributed by atoms with Crippen molar-refractivity contribution in [2.75, 3.05) is 33.9 Å². The summed E-state index contributed by atoms with van der Waals surface area (Å²) in [6, 6.07) is 23.2. The quantitative estimate of drug-likeness (QED) is 0.284. The maximum Gasteiger partial charge on any atom is 0.170 e. The molecule has 0 aliphatic heterocycles. The average molecular weight is 436 g/mol. The summed E-state index contributed by atoms with van der Waals surface area (Å²) >= 11 is 0. The van der Waals surface area contributed by atoms with Crippen molar-refractivity contribution in [2.45, 2.75) is 18.9 Å². The number of nitrogens with zero attached hydrogens (tertiary/aromatic N) is 1. The predicted octanol–water partition coefficient (Wildman–Crippen LogP) is 5.34. The second kappa shape index (κ2) is 12.1. The molecule has 32 heavy (non-hydrogen) atoms. The molecule has 3 aromatic rings. The summed E-state index contributed by atoms with van der Waals surface area (Å²) in [6.07, 6.45) is 0.512. The second-order valence-electron chi connectivity index (χ2n) is 7.97. The first-order valence-corrected chi connectivity index (χ1v) is 10.8. The van der Waals surface area contributed by atoms with Gasteiger partial charge in [0.1, 0.15) is 18.2 Å². The third-order valence-electron chi connectivity index (χ3n) is 5.20. The van der Waals surface area contributed by atoms with Crippen molar-refractivity contribution in [3.8, 4) is 5.75 Å². The Hall–Kier alpha value is -3.02. The van der Waals surface area contributed by atoms with E-state index < -0.39 is 5.92 Å². The molecule has 3 rings (SSSR count). The Morgan fingerprint density at radius 2 is 1.59 bits per heavy atom. The van der Waals surface area contributed by atoms with Crippen LogP contribution >= 0.6 is 0 Å². The van der Waals surface area contributed by atoms with Crippen LogP contribution in [0.3, 0.4) is 0 Å². The molecule has 0 fully saturated rings. The SMILES string of the molecule is CN(C)CCOc1ccc(C(=O)C(CCOCc2ccccc2)c2ccc(F)cc2)cc1. The van der Waals surface area contributed by atoms with Crippen molar-refractivity contribution in [3.05, 3.63) is 101 Å². The van der Waals surface area contributed by atoms with Crippen LogP contribution in [0.4, 0.5) is 4.39 Å². The van der Waals surface area contributed by atoms with Gasteiger partial charge in [-0.05, 0) is 68.0 Å². The van der Waals surface area contributed by atoms with E-state index in [1.54, 1.807) is 24.3 Å². The number of benzene rings is 3. The number of halogens is 1. The fourth-order valence-electron chi connectivity index (χ4n) is 3.37. The molecule has 3 aromatic carbocycles. The topological polar surface area (TPSA) is 38.8 Å². The number of hydrogen-bond acceptors (Lipinski definition) is 4. The van der Waals surface area contributed by atoms with Gasteiger partial charge in [-0.15, -0.1) is 0 Å². The van der Waals surface area contributed by atoms with Crippen molar-refractivity contribution in [1.82, 2.24) is 4.90 Å². The highest BCUT2D eigenvalue weighted by Gasteiger charge is 2.22. The molecule has 0 aromatic heterocycles. The number of ketones is 1. The van der Waals surface area contributed by atoms with Crippen LogP contribution in [0.15, 0.2) is 78.9 Å². The Morgan fingerprint density at radius 3 is 2.25 bits per heavy atom. The largest absolute Gasteiger partial charge is 0.492 e. The van der Waals surface area contributed by atoms with Gasteiger partial charge in [-0.1, -0.05) is 42.5 Å². The third kappa shape index (κ3) is 7.29. The molecule has 0 spiro atoms. The van der Waals surface area contributed by atoms with E-state index in [1.807, 2.05) is 61.5 Å². The summed E-state index contributed by atoms with van der Waals surface area (Å²) in [7, 11) is 3.98. The van der Waals surface area contributed by atoms with E-state index in [-0.39, 0.29) is 11.6 Å². The standard InChI is InChI=1S/C27H30FNO3/c1-29(2)17-19-32-25-14-10-23(11-15-25)27(30)26(22-8-12-24(28)13-9-22)16-18-31-20-21-6-4-3-5-7-21/h3-15,26H,16-20H2,1-2H3. The molecule has 168 valence electrons. The highest BCUT2D eigenvalue weighted by atomic mass is 19.1. The Kier molecular flexibility index (Phi) is 8.96. The monoisotopic (exact) mass is 435 g/mol. The van der Waals surface area contributed by atoms with E-state index in [2.05, 4.69) is 0 Å². The molecule has 1 unspecified atom stereocenters. The van der Waals surface area contributed by atoms with Gasteiger partial charge in [0.25, 0.3) is 0 Å². The molecule has 0 radical (unpaired) electrons. The number of likely N-dealkylation sites (N-methyl/N-ethyl adjacent to an activating group) is 1. The van der Waals surface area contributed by atoms with Gasteiger partial charge in [0.15, 0.2) is 5.78 Å². The van der Waals surface area contributed by atoms with Gasteiger partial charge in [-0.25, -0.2) is 4.39 Å². The van der Waals surface area contributed by atoms with Crippen LogP contribution in [0.1, 0.15) is 33.8 Å². The van der Waals surface area contributed by atoms with Crippen molar-refractivity contribution in [2.24, 2.45) is 0 Å². The molecule has 0 bridgehead atoms. The first-order valence-electron chi connectivity index (χ1n) is 10.8. The van der Waals surface area contributed by atoms with Crippen molar-refractivity contribution in [3.63, 3.8) is 0 Å². The van der Waals surface area contributed by atoms with Crippen LogP contribution in [0.2, 0.25) is 0 Å². The van der Waals surface area contributed by atoms with Crippen LogP contribution in [0.5, 0.6) is 5.75 Å². The molecule has 0 aliphatic carbocycles. The van der Waals surface area contributed by atoms with Gasteiger partial charge < -0.3 is 14.4 Å². The van der Waals surface area contributed by atoms with Gasteiger partial charge in [-0.3, -0.25) is 4.79 Å². The molecular formula is C27H30FNO3. The minimum atomic E-state index is -0.410. The molecule has 5 heteroatoms. The molecule has 0 N–H and O–H groups in total. The molecule has 4 nitrogen and oxygen atoms in total. The van der Waals surface area contributed by atoms with Gasteiger partial charge in [0.05, 0.1) is 6.61 Å². The van der Waals surface area contributed by atoms with Crippen LogP contribution in [0.25, 0.3) is 0 Å². The fraction of sp³-hybridized carbons (Fsp3) is 0.296. The number of ether oxygens (including phenoxy) is 2. The summed E-state index contributed by atoms with van der Waals surface area (Å²) in [5, 5.41) is 0. The van der Waals surface area contributed by atoms with Crippen LogP contribution in [0, 0.1) is 5.82 Å². The zero-order valence-electron chi connectivity index (χ0n) is 18.7. The molecule has 0 saturated heterocycles. The molecule has 0 amide bonds. The molecular weight excluding hydrogens is 405 g/mol. The van der Waals surface area contributed by atoms with E-state index in [9.17, 15) is 9.18 Å². The van der Waals surface area contributed by atoms with Crippen molar-refractivity contribution in [1.29, 1.82) is 0 Å². The van der Waals surface area contributed by atoms with Crippen molar-refractivity contribution < 1.29 is 18.7 Å². The highest BCUT2D eigenvalue weighted by molar-refractivity contribution is 6.01. The summed E-state index contributed by atoms with van der Waals surface area (Å²) in [4.78, 5) is 15.4. The van der Waals surface area contributed by atoms with Crippen LogP contribution < -0.4 is 4.74 Å². The number of carbonyl (C=O) groups is 1. The van der Waals surface area contributed by atoms with Gasteiger partial charge in [0, 0.05) is 24.6 Å². The number of Topliss-reactive ketones (excluding diaryl/α,β-unsaturated/α-hetero) is 1. The van der Waals surface area contributed by atoms with E-state index in [0.29, 0.717) is 31.8 Å². The van der Waals surface area contributed by atoms with Crippen LogP contribution in [-0.4, -0.2) is 44.5 Å². The lowest BCUT2D eigenvalue weighted by molar-refractivity contribution is 0.0878. The highest BCUT2D eigenvalue weighted by Crippen LogP contribution is 2.26. The predicted molar refractivity (Wildman–Crippen MR) is 125 cm³/mol.